The zero-order valence-corrected chi connectivity index (χ0v) is 29.0. The summed E-state index contributed by atoms with van der Waals surface area (Å²) in [6.45, 7) is 0. The Kier molecular flexibility index (Phi) is 6.22. The molecule has 0 radical (unpaired) electrons. The quantitative estimate of drug-likeness (QED) is 0.185. The van der Waals surface area contributed by atoms with Gasteiger partial charge < -0.3 is 9.13 Å². The molecule has 0 bridgehead atoms. The van der Waals surface area contributed by atoms with Crippen molar-refractivity contribution in [3.63, 3.8) is 0 Å². The summed E-state index contributed by atoms with van der Waals surface area (Å²) in [5.41, 5.74) is 8.60. The average Bonchev–Trinajstić information content (AvgIpc) is 3.88. The van der Waals surface area contributed by atoms with Gasteiger partial charge in [0.25, 0.3) is 0 Å². The zero-order valence-electron chi connectivity index (χ0n) is 28.2. The number of rotatable bonds is 3. The van der Waals surface area contributed by atoms with Crippen LogP contribution in [0.5, 0.6) is 0 Å². The normalized spacial score (nSPS) is 11.7. The molecule has 0 atom stereocenters. The molecule has 8 aromatic carbocycles. The monoisotopic (exact) mass is 690 g/mol. The number of hydrogen-bond acceptors (Lipinski definition) is 3. The van der Waals surface area contributed by atoms with Crippen molar-refractivity contribution in [1.29, 1.82) is 10.5 Å². The molecular weight excluding hydrogens is 665 g/mol. The average molecular weight is 691 g/mol. The summed E-state index contributed by atoms with van der Waals surface area (Å²) >= 11 is 1.80. The van der Waals surface area contributed by atoms with Gasteiger partial charge in [0.1, 0.15) is 12.1 Å². The van der Waals surface area contributed by atoms with E-state index in [-0.39, 0.29) is 0 Å². The van der Waals surface area contributed by atoms with E-state index >= 15 is 0 Å². The van der Waals surface area contributed by atoms with E-state index in [4.69, 9.17) is 0 Å². The Morgan fingerprint density at radius 2 is 1.02 bits per heavy atom. The first kappa shape index (κ1) is 29.5. The molecule has 0 aliphatic heterocycles. The van der Waals surface area contributed by atoms with E-state index in [0.29, 0.717) is 22.5 Å². The Bertz CT molecular complexity index is 3420. The fourth-order valence-electron chi connectivity index (χ4n) is 8.48. The minimum atomic E-state index is 0.493. The van der Waals surface area contributed by atoms with Gasteiger partial charge in [0, 0.05) is 41.7 Å². The zero-order chi connectivity index (χ0) is 35.2. The first-order valence-corrected chi connectivity index (χ1v) is 18.4. The van der Waals surface area contributed by atoms with Crippen LogP contribution in [0.25, 0.3) is 97.1 Å². The lowest BCUT2D eigenvalue weighted by Gasteiger charge is -2.16. The smallest absolute Gasteiger partial charge is 0.101 e. The molecule has 0 fully saturated rings. The van der Waals surface area contributed by atoms with E-state index in [1.807, 2.05) is 24.3 Å². The summed E-state index contributed by atoms with van der Waals surface area (Å²) in [5.74, 6) is 0. The maximum atomic E-state index is 10.9. The molecule has 3 heterocycles. The van der Waals surface area contributed by atoms with Crippen molar-refractivity contribution < 1.29 is 0 Å². The van der Waals surface area contributed by atoms with E-state index < -0.39 is 0 Å². The molecule has 4 nitrogen and oxygen atoms in total. The van der Waals surface area contributed by atoms with Crippen molar-refractivity contribution in [2.75, 3.05) is 0 Å². The summed E-state index contributed by atoms with van der Waals surface area (Å²) < 4.78 is 6.81. The van der Waals surface area contributed by atoms with Crippen molar-refractivity contribution in [2.45, 2.75) is 0 Å². The van der Waals surface area contributed by atoms with Crippen LogP contribution in [0.4, 0.5) is 0 Å². The molecule has 5 heteroatoms. The highest BCUT2D eigenvalue weighted by molar-refractivity contribution is 7.26. The molecule has 244 valence electrons. The first-order chi connectivity index (χ1) is 26.2. The van der Waals surface area contributed by atoms with Crippen molar-refractivity contribution >= 4 is 85.9 Å². The van der Waals surface area contributed by atoms with E-state index in [9.17, 15) is 10.5 Å². The molecule has 0 aliphatic carbocycles. The second-order valence-electron chi connectivity index (χ2n) is 13.5. The third kappa shape index (κ3) is 4.14. The number of nitriles is 2. The molecule has 0 spiro atoms. The summed E-state index contributed by atoms with van der Waals surface area (Å²) in [5, 5.41) is 31.1. The van der Waals surface area contributed by atoms with E-state index in [1.165, 1.54) is 20.2 Å². The van der Waals surface area contributed by atoms with Gasteiger partial charge in [-0.3, -0.25) is 0 Å². The molecule has 11 aromatic rings. The van der Waals surface area contributed by atoms with Gasteiger partial charge >= 0.3 is 0 Å². The van der Waals surface area contributed by atoms with Crippen molar-refractivity contribution in [1.82, 2.24) is 9.13 Å². The minimum absolute atomic E-state index is 0.493. The molecule has 0 saturated carbocycles. The number of fused-ring (bicyclic) bond motifs is 12. The summed E-state index contributed by atoms with van der Waals surface area (Å²) in [6, 6.07) is 59.9. The Labute approximate surface area is 307 Å². The van der Waals surface area contributed by atoms with E-state index in [0.717, 1.165) is 65.5 Å². The van der Waals surface area contributed by atoms with Crippen LogP contribution in [0.15, 0.2) is 158 Å². The summed E-state index contributed by atoms with van der Waals surface area (Å²) in [4.78, 5) is 0. The highest BCUT2D eigenvalue weighted by atomic mass is 32.1. The molecule has 11 rings (SSSR count). The third-order valence-corrected chi connectivity index (χ3v) is 12.0. The van der Waals surface area contributed by atoms with Crippen molar-refractivity contribution in [3.8, 4) is 34.6 Å². The Balaban J connectivity index is 1.21. The Morgan fingerprint density at radius 3 is 1.79 bits per heavy atom. The highest BCUT2D eigenvalue weighted by Crippen LogP contribution is 2.45. The van der Waals surface area contributed by atoms with Gasteiger partial charge in [0.05, 0.1) is 44.6 Å². The predicted molar refractivity (Wildman–Crippen MR) is 220 cm³/mol. The second-order valence-corrected chi connectivity index (χ2v) is 14.6. The molecular formula is C48H26N4S. The summed E-state index contributed by atoms with van der Waals surface area (Å²) in [7, 11) is 0. The molecule has 53 heavy (non-hydrogen) atoms. The maximum Gasteiger partial charge on any atom is 0.101 e. The van der Waals surface area contributed by atoms with Crippen LogP contribution in [0, 0.1) is 22.7 Å². The van der Waals surface area contributed by atoms with Gasteiger partial charge in [0.2, 0.25) is 0 Å². The van der Waals surface area contributed by atoms with Crippen molar-refractivity contribution in [3.05, 3.63) is 169 Å². The van der Waals surface area contributed by atoms with Gasteiger partial charge in [-0.05, 0) is 70.4 Å². The van der Waals surface area contributed by atoms with Gasteiger partial charge in [-0.1, -0.05) is 109 Å². The van der Waals surface area contributed by atoms with Crippen molar-refractivity contribution in [2.24, 2.45) is 0 Å². The fraction of sp³-hybridized carbons (Fsp3) is 0. The fourth-order valence-corrected chi connectivity index (χ4v) is 9.74. The SMILES string of the molecule is N#Cc1cc(-n2c3ccccc3c3c4sc5ccccc5c4ccc32)c(C#N)cc1-n1c2ccc(-c3ccccc3)cc2c2c3ccccc3ccc21. The molecule has 0 aliphatic rings. The number of hydrogen-bond donors (Lipinski definition) is 0. The lowest BCUT2D eigenvalue weighted by atomic mass is 10.0. The molecule has 0 amide bonds. The van der Waals surface area contributed by atoms with Crippen LogP contribution in [-0.2, 0) is 0 Å². The molecule has 0 N–H and O–H groups in total. The van der Waals surface area contributed by atoms with E-state index in [1.54, 1.807) is 11.3 Å². The maximum absolute atomic E-state index is 10.9. The molecule has 0 saturated heterocycles. The molecule has 0 unspecified atom stereocenters. The lowest BCUT2D eigenvalue weighted by Crippen LogP contribution is -2.04. The number of benzene rings is 8. The van der Waals surface area contributed by atoms with Crippen LogP contribution in [-0.4, -0.2) is 9.13 Å². The number of thiophene rings is 1. The van der Waals surface area contributed by atoms with Crippen LogP contribution in [0.1, 0.15) is 11.1 Å². The van der Waals surface area contributed by atoms with Crippen LogP contribution in [0.2, 0.25) is 0 Å². The largest absolute Gasteiger partial charge is 0.308 e. The standard InChI is InChI=1S/C48H26N4S/c49-27-32-26-44(52-40-21-19-31(29-10-2-1-3-11-29)24-38(40)46-34-13-5-4-12-30(34)18-22-41(46)52)33(28-50)25-43(32)51-39-16-8-6-15-37(39)47-42(51)23-20-36-35-14-7-9-17-45(35)53-48(36)47/h1-26H. The molecule has 3 aromatic heterocycles. The van der Waals surface area contributed by atoms with Gasteiger partial charge in [0.15, 0.2) is 0 Å². The van der Waals surface area contributed by atoms with Gasteiger partial charge in [-0.25, -0.2) is 0 Å². The Hall–Kier alpha value is -7.18. The summed E-state index contributed by atoms with van der Waals surface area (Å²) in [6.07, 6.45) is 0. The number of para-hydroxylation sites is 1. The van der Waals surface area contributed by atoms with Crippen LogP contribution < -0.4 is 0 Å². The highest BCUT2D eigenvalue weighted by Gasteiger charge is 2.23. The predicted octanol–water partition coefficient (Wildman–Crippen LogP) is 12.8. The third-order valence-electron chi connectivity index (χ3n) is 10.8. The Morgan fingerprint density at radius 1 is 0.415 bits per heavy atom. The van der Waals surface area contributed by atoms with E-state index in [2.05, 4.69) is 155 Å². The topological polar surface area (TPSA) is 57.4 Å². The van der Waals surface area contributed by atoms with Gasteiger partial charge in [-0.2, -0.15) is 10.5 Å². The lowest BCUT2D eigenvalue weighted by molar-refractivity contribution is 1.12. The second kappa shape index (κ2) is 11.2. The number of aromatic nitrogens is 2. The van der Waals surface area contributed by atoms with Crippen LogP contribution >= 0.6 is 11.3 Å². The van der Waals surface area contributed by atoms with Gasteiger partial charge in [-0.15, -0.1) is 11.3 Å². The first-order valence-electron chi connectivity index (χ1n) is 17.6. The minimum Gasteiger partial charge on any atom is -0.308 e. The van der Waals surface area contributed by atoms with Crippen LogP contribution in [0.3, 0.4) is 0 Å². The number of nitrogens with zero attached hydrogens (tertiary/aromatic N) is 4.